The van der Waals surface area contributed by atoms with Gasteiger partial charge in [0.25, 0.3) is 5.91 Å². The van der Waals surface area contributed by atoms with E-state index in [9.17, 15) is 9.59 Å². The number of benzene rings is 2. The average Bonchev–Trinajstić information content (AvgIpc) is 3.13. The molecule has 0 bridgehead atoms. The zero-order valence-electron chi connectivity index (χ0n) is 17.3. The van der Waals surface area contributed by atoms with Crippen LogP contribution in [0.25, 0.3) is 10.9 Å². The maximum Gasteiger partial charge on any atom is 0.251 e. The third-order valence-electron chi connectivity index (χ3n) is 4.90. The average molecular weight is 402 g/mol. The largest absolute Gasteiger partial charge is 0.343 e. The maximum atomic E-state index is 12.8. The van der Waals surface area contributed by atoms with E-state index in [4.69, 9.17) is 5.26 Å². The van der Waals surface area contributed by atoms with Crippen molar-refractivity contribution in [2.24, 2.45) is 5.92 Å². The normalized spacial score (nSPS) is 11.8. The molecule has 0 saturated carbocycles. The molecule has 1 unspecified atom stereocenters. The minimum Gasteiger partial charge on any atom is -0.343 e. The predicted molar refractivity (Wildman–Crippen MR) is 117 cm³/mol. The number of fused-ring (bicyclic) bond motifs is 1. The summed E-state index contributed by atoms with van der Waals surface area (Å²) in [5.74, 6) is -0.420. The smallest absolute Gasteiger partial charge is 0.251 e. The van der Waals surface area contributed by atoms with Crippen molar-refractivity contribution in [2.75, 3.05) is 6.54 Å². The molecule has 1 atom stereocenters. The number of amides is 2. The molecule has 2 amide bonds. The highest BCUT2D eigenvalue weighted by Crippen LogP contribution is 2.19. The molecule has 0 spiro atoms. The third-order valence-corrected chi connectivity index (χ3v) is 4.90. The second-order valence-electron chi connectivity index (χ2n) is 7.73. The van der Waals surface area contributed by atoms with Gasteiger partial charge in [-0.05, 0) is 42.2 Å². The van der Waals surface area contributed by atoms with Crippen molar-refractivity contribution in [1.82, 2.24) is 15.2 Å². The van der Waals surface area contributed by atoms with Crippen LogP contribution in [0.4, 0.5) is 0 Å². The van der Waals surface area contributed by atoms with Crippen LogP contribution in [0.15, 0.2) is 60.8 Å². The van der Waals surface area contributed by atoms with Gasteiger partial charge in [0.05, 0.1) is 6.07 Å². The lowest BCUT2D eigenvalue weighted by atomic mass is 10.0. The number of nitrogens with one attached hydrogen (secondary N) is 2. The number of nitriles is 1. The molecule has 0 saturated heterocycles. The van der Waals surface area contributed by atoms with Crippen LogP contribution < -0.4 is 10.6 Å². The van der Waals surface area contributed by atoms with Crippen molar-refractivity contribution >= 4 is 22.7 Å². The Bertz CT molecular complexity index is 1060. The van der Waals surface area contributed by atoms with Crippen LogP contribution in [0.2, 0.25) is 0 Å². The minimum absolute atomic E-state index is 0.0792. The van der Waals surface area contributed by atoms with Gasteiger partial charge in [0.2, 0.25) is 5.91 Å². The van der Waals surface area contributed by atoms with Gasteiger partial charge in [0, 0.05) is 29.2 Å². The molecule has 6 heteroatoms. The highest BCUT2D eigenvalue weighted by molar-refractivity contribution is 6.00. The molecular weight excluding hydrogens is 376 g/mol. The van der Waals surface area contributed by atoms with Crippen LogP contribution in [-0.4, -0.2) is 29.0 Å². The third kappa shape index (κ3) is 5.26. The highest BCUT2D eigenvalue weighted by Gasteiger charge is 2.22. The highest BCUT2D eigenvalue weighted by atomic mass is 16.2. The summed E-state index contributed by atoms with van der Waals surface area (Å²) in [5, 5.41) is 15.0. The molecule has 3 aromatic rings. The number of nitrogens with zero attached hydrogens (tertiary/aromatic N) is 2. The second-order valence-corrected chi connectivity index (χ2v) is 7.73. The summed E-state index contributed by atoms with van der Waals surface area (Å²) >= 11 is 0. The van der Waals surface area contributed by atoms with Gasteiger partial charge < -0.3 is 15.2 Å². The molecule has 0 fully saturated rings. The van der Waals surface area contributed by atoms with E-state index < -0.39 is 6.04 Å². The van der Waals surface area contributed by atoms with Gasteiger partial charge in [0.1, 0.15) is 12.6 Å². The predicted octanol–water partition coefficient (Wildman–Crippen LogP) is 3.47. The standard InChI is InChI=1S/C24H26N4O2/c1-17(2)14-21(24(30)26-12-11-25)27-23(29)20-8-9-22-19(15-20)10-13-28(22)16-18-6-4-3-5-7-18/h3-10,13,15,17,21H,12,14,16H2,1-2H3,(H,26,30)(H,27,29). The van der Waals surface area contributed by atoms with E-state index in [0.29, 0.717) is 12.0 Å². The lowest BCUT2D eigenvalue weighted by Crippen LogP contribution is -2.47. The molecule has 1 aromatic heterocycles. The first-order valence-electron chi connectivity index (χ1n) is 10.1. The zero-order chi connectivity index (χ0) is 21.5. The van der Waals surface area contributed by atoms with Gasteiger partial charge >= 0.3 is 0 Å². The summed E-state index contributed by atoms with van der Waals surface area (Å²) in [6.07, 6.45) is 2.51. The van der Waals surface area contributed by atoms with Crippen molar-refractivity contribution in [1.29, 1.82) is 5.26 Å². The van der Waals surface area contributed by atoms with Gasteiger partial charge in [0.15, 0.2) is 0 Å². The Morgan fingerprint density at radius 2 is 1.87 bits per heavy atom. The number of carbonyl (C=O) groups excluding carboxylic acids is 2. The second kappa shape index (κ2) is 9.75. The summed E-state index contributed by atoms with van der Waals surface area (Å²) in [7, 11) is 0. The lowest BCUT2D eigenvalue weighted by Gasteiger charge is -2.19. The van der Waals surface area contributed by atoms with Crippen LogP contribution in [0.3, 0.4) is 0 Å². The summed E-state index contributed by atoms with van der Waals surface area (Å²) in [5.41, 5.74) is 2.75. The van der Waals surface area contributed by atoms with E-state index in [1.165, 1.54) is 5.56 Å². The Hall–Kier alpha value is -3.59. The Kier molecular flexibility index (Phi) is 6.87. The molecule has 0 radical (unpaired) electrons. The topological polar surface area (TPSA) is 86.9 Å². The summed E-state index contributed by atoms with van der Waals surface area (Å²) in [6, 6.07) is 18.9. The van der Waals surface area contributed by atoms with Crippen molar-refractivity contribution in [2.45, 2.75) is 32.9 Å². The molecule has 1 heterocycles. The first kappa shape index (κ1) is 21.1. The molecule has 0 aliphatic rings. The van der Waals surface area contributed by atoms with Crippen LogP contribution in [0.1, 0.15) is 36.2 Å². The van der Waals surface area contributed by atoms with Crippen molar-refractivity contribution in [3.05, 3.63) is 71.9 Å². The Balaban J connectivity index is 1.76. The van der Waals surface area contributed by atoms with Crippen LogP contribution in [-0.2, 0) is 11.3 Å². The SMILES string of the molecule is CC(C)CC(NC(=O)c1ccc2c(ccn2Cc2ccccc2)c1)C(=O)NCC#N. The maximum absolute atomic E-state index is 12.8. The van der Waals surface area contributed by atoms with E-state index in [1.54, 1.807) is 6.07 Å². The molecule has 2 N–H and O–H groups in total. The molecule has 0 aliphatic carbocycles. The number of hydrogen-bond acceptors (Lipinski definition) is 3. The van der Waals surface area contributed by atoms with Gasteiger partial charge in [-0.15, -0.1) is 0 Å². The first-order valence-corrected chi connectivity index (χ1v) is 10.1. The van der Waals surface area contributed by atoms with E-state index in [-0.39, 0.29) is 24.3 Å². The Morgan fingerprint density at radius 1 is 1.10 bits per heavy atom. The molecule has 6 nitrogen and oxygen atoms in total. The Labute approximate surface area is 176 Å². The monoisotopic (exact) mass is 402 g/mol. The van der Waals surface area contributed by atoms with Crippen molar-refractivity contribution in [3.63, 3.8) is 0 Å². The van der Waals surface area contributed by atoms with Gasteiger partial charge in [-0.3, -0.25) is 9.59 Å². The molecule has 3 rings (SSSR count). The zero-order valence-corrected chi connectivity index (χ0v) is 17.3. The van der Waals surface area contributed by atoms with Crippen molar-refractivity contribution < 1.29 is 9.59 Å². The van der Waals surface area contributed by atoms with E-state index >= 15 is 0 Å². The number of carbonyl (C=O) groups is 2. The van der Waals surface area contributed by atoms with Gasteiger partial charge in [-0.2, -0.15) is 5.26 Å². The number of aromatic nitrogens is 1. The molecule has 0 aliphatic heterocycles. The molecule has 154 valence electrons. The summed E-state index contributed by atoms with van der Waals surface area (Å²) in [4.78, 5) is 25.1. The first-order chi connectivity index (χ1) is 14.5. The fourth-order valence-electron chi connectivity index (χ4n) is 3.45. The number of hydrogen-bond donors (Lipinski definition) is 2. The van der Waals surface area contributed by atoms with Crippen LogP contribution in [0.5, 0.6) is 0 Å². The fraction of sp³-hybridized carbons (Fsp3) is 0.292. The molecule has 2 aromatic carbocycles. The number of rotatable bonds is 8. The van der Waals surface area contributed by atoms with E-state index in [2.05, 4.69) is 27.3 Å². The van der Waals surface area contributed by atoms with Crippen LogP contribution in [0, 0.1) is 17.2 Å². The summed E-state index contributed by atoms with van der Waals surface area (Å²) in [6.45, 7) is 4.64. The van der Waals surface area contributed by atoms with Gasteiger partial charge in [-0.25, -0.2) is 0 Å². The Morgan fingerprint density at radius 3 is 2.57 bits per heavy atom. The summed E-state index contributed by atoms with van der Waals surface area (Å²) < 4.78 is 2.14. The lowest BCUT2D eigenvalue weighted by molar-refractivity contribution is -0.123. The van der Waals surface area contributed by atoms with Crippen LogP contribution >= 0.6 is 0 Å². The molecule has 30 heavy (non-hydrogen) atoms. The minimum atomic E-state index is -0.677. The van der Waals surface area contributed by atoms with Crippen molar-refractivity contribution in [3.8, 4) is 6.07 Å². The molecular formula is C24H26N4O2. The van der Waals surface area contributed by atoms with Gasteiger partial charge in [-0.1, -0.05) is 44.2 Å². The fourth-order valence-corrected chi connectivity index (χ4v) is 3.45. The van der Waals surface area contributed by atoms with E-state index in [1.807, 2.05) is 62.5 Å². The van der Waals surface area contributed by atoms with E-state index in [0.717, 1.165) is 17.4 Å². The quantitative estimate of drug-likeness (QED) is 0.566.